The van der Waals surface area contributed by atoms with Crippen molar-refractivity contribution in [2.45, 2.75) is 104 Å². The lowest BCUT2D eigenvalue weighted by Crippen LogP contribution is -2.31. The van der Waals surface area contributed by atoms with Crippen LogP contribution in [0.1, 0.15) is 104 Å². The molecule has 0 aliphatic heterocycles. The summed E-state index contributed by atoms with van der Waals surface area (Å²) in [5, 5.41) is 18.3. The van der Waals surface area contributed by atoms with Crippen LogP contribution in [0.3, 0.4) is 0 Å². The van der Waals surface area contributed by atoms with Gasteiger partial charge in [0.25, 0.3) is 0 Å². The molecule has 2 N–H and O–H groups in total. The standard InChI is InChI=1S/C20H38O4/c1-3-5-6-7-8-9-10-11-12-13-14-16-17(15-4-2)18(19(21)22)20(23)24/h17-18H,3-16H2,1-2H3,(H,21,22)(H,23,24). The number of aliphatic carboxylic acids is 2. The summed E-state index contributed by atoms with van der Waals surface area (Å²) in [6, 6.07) is 0. The summed E-state index contributed by atoms with van der Waals surface area (Å²) >= 11 is 0. The minimum atomic E-state index is -1.24. The molecule has 0 aliphatic rings. The van der Waals surface area contributed by atoms with E-state index < -0.39 is 17.9 Å². The van der Waals surface area contributed by atoms with Crippen LogP contribution >= 0.6 is 0 Å². The zero-order valence-corrected chi connectivity index (χ0v) is 15.8. The molecule has 0 aromatic heterocycles. The molecule has 0 fully saturated rings. The zero-order valence-electron chi connectivity index (χ0n) is 15.8. The van der Waals surface area contributed by atoms with Crippen molar-refractivity contribution in [2.24, 2.45) is 11.8 Å². The van der Waals surface area contributed by atoms with E-state index in [-0.39, 0.29) is 5.92 Å². The molecule has 0 aromatic rings. The van der Waals surface area contributed by atoms with Gasteiger partial charge in [0.1, 0.15) is 0 Å². The van der Waals surface area contributed by atoms with E-state index in [2.05, 4.69) is 6.92 Å². The van der Waals surface area contributed by atoms with Gasteiger partial charge in [-0.3, -0.25) is 9.59 Å². The Hall–Kier alpha value is -1.06. The van der Waals surface area contributed by atoms with E-state index in [9.17, 15) is 9.59 Å². The highest BCUT2D eigenvalue weighted by atomic mass is 16.4. The van der Waals surface area contributed by atoms with Gasteiger partial charge in [-0.05, 0) is 18.8 Å². The fourth-order valence-electron chi connectivity index (χ4n) is 3.43. The highest BCUT2D eigenvalue weighted by Gasteiger charge is 2.33. The Morgan fingerprint density at radius 1 is 0.625 bits per heavy atom. The van der Waals surface area contributed by atoms with Crippen LogP contribution in [0, 0.1) is 11.8 Å². The van der Waals surface area contributed by atoms with Gasteiger partial charge in [0, 0.05) is 0 Å². The van der Waals surface area contributed by atoms with Crippen molar-refractivity contribution in [3.63, 3.8) is 0 Å². The highest BCUT2D eigenvalue weighted by Crippen LogP contribution is 2.25. The molecule has 0 saturated carbocycles. The molecule has 142 valence electrons. The molecule has 0 rings (SSSR count). The fourth-order valence-corrected chi connectivity index (χ4v) is 3.43. The third-order valence-electron chi connectivity index (χ3n) is 4.84. The predicted molar refractivity (Wildman–Crippen MR) is 98.2 cm³/mol. The first kappa shape index (κ1) is 22.9. The molecule has 0 aromatic carbocycles. The van der Waals surface area contributed by atoms with Gasteiger partial charge in [0.2, 0.25) is 0 Å². The summed E-state index contributed by atoms with van der Waals surface area (Å²) in [5.41, 5.74) is 0. The molecule has 0 heterocycles. The van der Waals surface area contributed by atoms with E-state index >= 15 is 0 Å². The lowest BCUT2D eigenvalue weighted by molar-refractivity contribution is -0.157. The van der Waals surface area contributed by atoms with Crippen LogP contribution in [0.4, 0.5) is 0 Å². The van der Waals surface area contributed by atoms with E-state index in [1.54, 1.807) is 0 Å². The summed E-state index contributed by atoms with van der Waals surface area (Å²) in [6.07, 6.45) is 16.0. The van der Waals surface area contributed by atoms with Gasteiger partial charge in [-0.15, -0.1) is 0 Å². The van der Waals surface area contributed by atoms with Crippen molar-refractivity contribution in [1.82, 2.24) is 0 Å². The topological polar surface area (TPSA) is 74.6 Å². The number of unbranched alkanes of at least 4 members (excludes halogenated alkanes) is 10. The van der Waals surface area contributed by atoms with Crippen molar-refractivity contribution < 1.29 is 19.8 Å². The molecule has 1 atom stereocenters. The van der Waals surface area contributed by atoms with Crippen LogP contribution in [0.25, 0.3) is 0 Å². The maximum atomic E-state index is 11.2. The molecule has 0 radical (unpaired) electrons. The molecular formula is C20H38O4. The van der Waals surface area contributed by atoms with E-state index in [1.807, 2.05) is 6.92 Å². The number of hydrogen-bond acceptors (Lipinski definition) is 2. The summed E-state index contributed by atoms with van der Waals surface area (Å²) in [5.74, 6) is -3.86. The Kier molecular flexibility index (Phi) is 14.8. The lowest BCUT2D eigenvalue weighted by atomic mass is 9.84. The van der Waals surface area contributed by atoms with Crippen LogP contribution in [0.15, 0.2) is 0 Å². The Morgan fingerprint density at radius 3 is 1.42 bits per heavy atom. The average Bonchev–Trinajstić information content (AvgIpc) is 2.52. The first-order chi connectivity index (χ1) is 11.5. The normalized spacial score (nSPS) is 12.5. The van der Waals surface area contributed by atoms with Crippen molar-refractivity contribution in [3.8, 4) is 0 Å². The molecule has 1 unspecified atom stereocenters. The van der Waals surface area contributed by atoms with Crippen LogP contribution in [-0.4, -0.2) is 22.2 Å². The number of carbonyl (C=O) groups is 2. The second-order valence-electron chi connectivity index (χ2n) is 7.03. The van der Waals surface area contributed by atoms with Crippen molar-refractivity contribution >= 4 is 11.9 Å². The van der Waals surface area contributed by atoms with E-state index in [0.29, 0.717) is 12.8 Å². The second kappa shape index (κ2) is 15.5. The minimum Gasteiger partial charge on any atom is -0.481 e. The van der Waals surface area contributed by atoms with Gasteiger partial charge in [0.05, 0.1) is 0 Å². The smallest absolute Gasteiger partial charge is 0.318 e. The van der Waals surface area contributed by atoms with E-state index in [1.165, 1.54) is 57.8 Å². The first-order valence-electron chi connectivity index (χ1n) is 10.00. The zero-order chi connectivity index (χ0) is 18.2. The first-order valence-corrected chi connectivity index (χ1v) is 10.00. The molecule has 0 aliphatic carbocycles. The van der Waals surface area contributed by atoms with Gasteiger partial charge in [0.15, 0.2) is 5.92 Å². The molecule has 0 saturated heterocycles. The maximum Gasteiger partial charge on any atom is 0.318 e. The van der Waals surface area contributed by atoms with E-state index in [4.69, 9.17) is 10.2 Å². The van der Waals surface area contributed by atoms with Crippen molar-refractivity contribution in [1.29, 1.82) is 0 Å². The average molecular weight is 343 g/mol. The number of carboxylic acid groups (broad SMARTS) is 2. The summed E-state index contributed by atoms with van der Waals surface area (Å²) < 4.78 is 0. The minimum absolute atomic E-state index is 0.233. The molecule has 0 spiro atoms. The largest absolute Gasteiger partial charge is 0.481 e. The summed E-state index contributed by atoms with van der Waals surface area (Å²) in [6.45, 7) is 4.22. The number of rotatable bonds is 17. The van der Waals surface area contributed by atoms with Gasteiger partial charge in [-0.1, -0.05) is 90.9 Å². The van der Waals surface area contributed by atoms with Crippen LogP contribution < -0.4 is 0 Å². The van der Waals surface area contributed by atoms with Gasteiger partial charge < -0.3 is 10.2 Å². The molecule has 4 heteroatoms. The van der Waals surface area contributed by atoms with Gasteiger partial charge >= 0.3 is 11.9 Å². The fraction of sp³-hybridized carbons (Fsp3) is 0.900. The quantitative estimate of drug-likeness (QED) is 0.255. The van der Waals surface area contributed by atoms with Crippen molar-refractivity contribution in [2.75, 3.05) is 0 Å². The summed E-state index contributed by atoms with van der Waals surface area (Å²) in [7, 11) is 0. The molecule has 4 nitrogen and oxygen atoms in total. The van der Waals surface area contributed by atoms with Crippen LogP contribution in [0.5, 0.6) is 0 Å². The Morgan fingerprint density at radius 2 is 1.04 bits per heavy atom. The Bertz CT molecular complexity index is 314. The van der Waals surface area contributed by atoms with Crippen LogP contribution in [0.2, 0.25) is 0 Å². The lowest BCUT2D eigenvalue weighted by Gasteiger charge is -2.20. The third-order valence-corrected chi connectivity index (χ3v) is 4.84. The SMILES string of the molecule is CCCCCCCCCCCCCC(CCC)C(C(=O)O)C(=O)O. The maximum absolute atomic E-state index is 11.2. The summed E-state index contributed by atoms with van der Waals surface area (Å²) in [4.78, 5) is 22.4. The van der Waals surface area contributed by atoms with E-state index in [0.717, 1.165) is 19.3 Å². The molecule has 0 amide bonds. The second-order valence-corrected chi connectivity index (χ2v) is 7.03. The molecule has 24 heavy (non-hydrogen) atoms. The van der Waals surface area contributed by atoms with Gasteiger partial charge in [-0.2, -0.15) is 0 Å². The number of carboxylic acids is 2. The van der Waals surface area contributed by atoms with Crippen LogP contribution in [-0.2, 0) is 9.59 Å². The van der Waals surface area contributed by atoms with Gasteiger partial charge in [-0.25, -0.2) is 0 Å². The molecule has 0 bridgehead atoms. The number of hydrogen-bond donors (Lipinski definition) is 2. The monoisotopic (exact) mass is 342 g/mol. The highest BCUT2D eigenvalue weighted by molar-refractivity contribution is 5.93. The Balaban J connectivity index is 3.78. The molecular weight excluding hydrogens is 304 g/mol. The Labute approximate surface area is 148 Å². The van der Waals surface area contributed by atoms with Crippen molar-refractivity contribution in [3.05, 3.63) is 0 Å². The third kappa shape index (κ3) is 11.5. The predicted octanol–water partition coefficient (Wildman–Crippen LogP) is 5.89.